The van der Waals surface area contributed by atoms with Gasteiger partial charge < -0.3 is 14.5 Å². The van der Waals surface area contributed by atoms with Gasteiger partial charge in [0.05, 0.1) is 18.8 Å². The second-order valence-corrected chi connectivity index (χ2v) is 7.00. The van der Waals surface area contributed by atoms with Crippen LogP contribution in [0.5, 0.6) is 0 Å². The van der Waals surface area contributed by atoms with Crippen LogP contribution in [0.25, 0.3) is 0 Å². The van der Waals surface area contributed by atoms with Gasteiger partial charge in [0.15, 0.2) is 0 Å². The molecule has 7 heteroatoms. The molecule has 0 bridgehead atoms. The summed E-state index contributed by atoms with van der Waals surface area (Å²) in [6, 6.07) is 7.68. The number of amides is 1. The summed E-state index contributed by atoms with van der Waals surface area (Å²) in [6.07, 6.45) is 6.86. The van der Waals surface area contributed by atoms with Crippen LogP contribution in [0.2, 0.25) is 0 Å². The van der Waals surface area contributed by atoms with Crippen molar-refractivity contribution in [3.63, 3.8) is 0 Å². The third-order valence-corrected chi connectivity index (χ3v) is 5.12. The second kappa shape index (κ2) is 8.43. The summed E-state index contributed by atoms with van der Waals surface area (Å²) in [5.41, 5.74) is 1.80. The lowest BCUT2D eigenvalue weighted by Crippen LogP contribution is -2.42. The Morgan fingerprint density at radius 1 is 1.11 bits per heavy atom. The molecule has 7 nitrogen and oxygen atoms in total. The number of carbonyl (C=O) groups excluding carboxylic acids is 1. The van der Waals surface area contributed by atoms with E-state index in [4.69, 9.17) is 9.72 Å². The topological polar surface area (TPSA) is 71.5 Å². The van der Waals surface area contributed by atoms with E-state index >= 15 is 0 Å². The van der Waals surface area contributed by atoms with E-state index < -0.39 is 0 Å². The summed E-state index contributed by atoms with van der Waals surface area (Å²) in [4.78, 5) is 30.1. The van der Waals surface area contributed by atoms with E-state index in [-0.39, 0.29) is 12.0 Å². The van der Waals surface area contributed by atoms with E-state index in [2.05, 4.69) is 14.9 Å². The van der Waals surface area contributed by atoms with Crippen molar-refractivity contribution in [2.24, 2.45) is 0 Å². The highest BCUT2D eigenvalue weighted by molar-refractivity contribution is 5.76. The molecule has 0 radical (unpaired) electrons. The molecule has 2 fully saturated rings. The van der Waals surface area contributed by atoms with Crippen molar-refractivity contribution in [2.45, 2.75) is 31.8 Å². The van der Waals surface area contributed by atoms with E-state index in [1.165, 1.54) is 12.8 Å². The SMILES string of the molecule is O=C(CCc1ccccn1)N1CCO[C@@H](c2ccnc(N3CCCC3)n2)C1. The normalized spacial score (nSPS) is 20.1. The van der Waals surface area contributed by atoms with Gasteiger partial charge in [0, 0.05) is 44.1 Å². The Bertz CT molecular complexity index is 764. The van der Waals surface area contributed by atoms with Crippen molar-refractivity contribution in [3.05, 3.63) is 48.0 Å². The number of aromatic nitrogens is 3. The van der Waals surface area contributed by atoms with Gasteiger partial charge in [0.2, 0.25) is 11.9 Å². The Labute approximate surface area is 159 Å². The number of aryl methyl sites for hydroxylation is 1. The van der Waals surface area contributed by atoms with E-state index in [9.17, 15) is 4.79 Å². The molecule has 0 saturated carbocycles. The molecule has 0 aliphatic carbocycles. The molecule has 142 valence electrons. The number of hydrogen-bond acceptors (Lipinski definition) is 6. The highest BCUT2D eigenvalue weighted by Gasteiger charge is 2.27. The zero-order valence-corrected chi connectivity index (χ0v) is 15.5. The summed E-state index contributed by atoms with van der Waals surface area (Å²) >= 11 is 0. The fourth-order valence-electron chi connectivity index (χ4n) is 3.60. The zero-order chi connectivity index (χ0) is 18.5. The second-order valence-electron chi connectivity index (χ2n) is 7.00. The molecule has 0 spiro atoms. The predicted octanol–water partition coefficient (Wildman–Crippen LogP) is 2.00. The van der Waals surface area contributed by atoms with Gasteiger partial charge in [0.25, 0.3) is 0 Å². The average molecular weight is 367 g/mol. The molecule has 2 saturated heterocycles. The third kappa shape index (κ3) is 4.42. The maximum Gasteiger partial charge on any atom is 0.225 e. The van der Waals surface area contributed by atoms with Gasteiger partial charge in [-0.1, -0.05) is 6.07 Å². The molecular weight excluding hydrogens is 342 g/mol. The standard InChI is InChI=1S/C20H25N5O2/c26-19(7-6-16-5-1-2-9-21-16)25-13-14-27-18(15-25)17-8-10-22-20(23-17)24-11-3-4-12-24/h1-2,5,8-10,18H,3-4,6-7,11-15H2/t18-/m1/s1. The molecule has 1 amide bonds. The maximum atomic E-state index is 12.6. The smallest absolute Gasteiger partial charge is 0.225 e. The minimum Gasteiger partial charge on any atom is -0.368 e. The fourth-order valence-corrected chi connectivity index (χ4v) is 3.60. The Morgan fingerprint density at radius 2 is 2.00 bits per heavy atom. The highest BCUT2D eigenvalue weighted by Crippen LogP contribution is 2.23. The molecule has 2 aromatic rings. The number of rotatable bonds is 5. The average Bonchev–Trinajstić information content (AvgIpc) is 3.28. The quantitative estimate of drug-likeness (QED) is 0.805. The molecule has 2 aliphatic rings. The summed E-state index contributed by atoms with van der Waals surface area (Å²) in [5.74, 6) is 0.912. The lowest BCUT2D eigenvalue weighted by Gasteiger charge is -2.33. The lowest BCUT2D eigenvalue weighted by atomic mass is 10.1. The molecule has 0 unspecified atom stereocenters. The summed E-state index contributed by atoms with van der Waals surface area (Å²) in [6.45, 7) is 3.71. The number of carbonyl (C=O) groups is 1. The van der Waals surface area contributed by atoms with Gasteiger partial charge >= 0.3 is 0 Å². The number of hydrogen-bond donors (Lipinski definition) is 0. The predicted molar refractivity (Wildman–Crippen MR) is 101 cm³/mol. The molecule has 27 heavy (non-hydrogen) atoms. The van der Waals surface area contributed by atoms with Crippen molar-refractivity contribution < 1.29 is 9.53 Å². The van der Waals surface area contributed by atoms with Crippen LogP contribution in [-0.4, -0.2) is 58.5 Å². The van der Waals surface area contributed by atoms with E-state index in [1.807, 2.05) is 29.2 Å². The van der Waals surface area contributed by atoms with Crippen LogP contribution in [-0.2, 0) is 16.0 Å². The lowest BCUT2D eigenvalue weighted by molar-refractivity contribution is -0.139. The van der Waals surface area contributed by atoms with Crippen LogP contribution in [0, 0.1) is 0 Å². The summed E-state index contributed by atoms with van der Waals surface area (Å²) in [5, 5.41) is 0. The van der Waals surface area contributed by atoms with Crippen molar-refractivity contribution >= 4 is 11.9 Å². The van der Waals surface area contributed by atoms with Gasteiger partial charge in [-0.15, -0.1) is 0 Å². The first-order valence-corrected chi connectivity index (χ1v) is 9.67. The van der Waals surface area contributed by atoms with Crippen molar-refractivity contribution in [1.82, 2.24) is 19.9 Å². The largest absolute Gasteiger partial charge is 0.368 e. The first-order chi connectivity index (χ1) is 13.3. The van der Waals surface area contributed by atoms with Crippen LogP contribution >= 0.6 is 0 Å². The van der Waals surface area contributed by atoms with Gasteiger partial charge in [-0.2, -0.15) is 0 Å². The van der Waals surface area contributed by atoms with E-state index in [0.717, 1.165) is 30.4 Å². The van der Waals surface area contributed by atoms with Crippen LogP contribution in [0.4, 0.5) is 5.95 Å². The minimum absolute atomic E-state index is 0.141. The Morgan fingerprint density at radius 3 is 2.81 bits per heavy atom. The van der Waals surface area contributed by atoms with Crippen LogP contribution < -0.4 is 4.90 Å². The maximum absolute atomic E-state index is 12.6. The molecule has 4 heterocycles. The molecule has 0 N–H and O–H groups in total. The van der Waals surface area contributed by atoms with Gasteiger partial charge in [-0.05, 0) is 37.5 Å². The molecule has 2 aromatic heterocycles. The number of morpholine rings is 1. The number of ether oxygens (including phenoxy) is 1. The van der Waals surface area contributed by atoms with Gasteiger partial charge in [-0.3, -0.25) is 9.78 Å². The Kier molecular flexibility index (Phi) is 5.58. The van der Waals surface area contributed by atoms with Crippen LogP contribution in [0.3, 0.4) is 0 Å². The zero-order valence-electron chi connectivity index (χ0n) is 15.5. The molecular formula is C20H25N5O2. The Hall–Kier alpha value is -2.54. The highest BCUT2D eigenvalue weighted by atomic mass is 16.5. The van der Waals surface area contributed by atoms with Crippen LogP contribution in [0.15, 0.2) is 36.7 Å². The monoisotopic (exact) mass is 367 g/mol. The number of nitrogens with zero attached hydrogens (tertiary/aromatic N) is 5. The Balaban J connectivity index is 1.37. The molecule has 0 aromatic carbocycles. The number of anilines is 1. The first-order valence-electron chi connectivity index (χ1n) is 9.67. The first kappa shape index (κ1) is 17.9. The van der Waals surface area contributed by atoms with E-state index in [0.29, 0.717) is 32.5 Å². The van der Waals surface area contributed by atoms with Crippen molar-refractivity contribution in [2.75, 3.05) is 37.7 Å². The minimum atomic E-state index is -0.193. The summed E-state index contributed by atoms with van der Waals surface area (Å²) < 4.78 is 5.91. The summed E-state index contributed by atoms with van der Waals surface area (Å²) in [7, 11) is 0. The van der Waals surface area contributed by atoms with Crippen molar-refractivity contribution in [1.29, 1.82) is 0 Å². The third-order valence-electron chi connectivity index (χ3n) is 5.12. The molecule has 1 atom stereocenters. The molecule has 4 rings (SSSR count). The van der Waals surface area contributed by atoms with E-state index in [1.54, 1.807) is 12.4 Å². The van der Waals surface area contributed by atoms with Crippen LogP contribution in [0.1, 0.15) is 36.8 Å². The molecule has 2 aliphatic heterocycles. The van der Waals surface area contributed by atoms with Gasteiger partial charge in [0.1, 0.15) is 6.10 Å². The number of pyridine rings is 1. The van der Waals surface area contributed by atoms with Crippen molar-refractivity contribution in [3.8, 4) is 0 Å². The fraction of sp³-hybridized carbons (Fsp3) is 0.500. The van der Waals surface area contributed by atoms with Gasteiger partial charge in [-0.25, -0.2) is 9.97 Å².